The van der Waals surface area contributed by atoms with Gasteiger partial charge in [0.25, 0.3) is 0 Å². The molecule has 2 saturated heterocycles. The van der Waals surface area contributed by atoms with E-state index in [2.05, 4.69) is 22.4 Å². The summed E-state index contributed by atoms with van der Waals surface area (Å²) >= 11 is 0. The lowest BCUT2D eigenvalue weighted by atomic mass is 9.97. The number of aromatic nitrogens is 2. The number of hydrogen-bond donors (Lipinski definition) is 1. The first kappa shape index (κ1) is 31.9. The van der Waals surface area contributed by atoms with Gasteiger partial charge in [-0.2, -0.15) is 15.2 Å². The number of nitrogen functional groups attached to an aromatic ring is 1. The number of piperazine rings is 1. The van der Waals surface area contributed by atoms with E-state index < -0.39 is 24.3 Å². The number of nitriles is 1. The summed E-state index contributed by atoms with van der Waals surface area (Å²) in [5, 5.41) is 10.4. The molecule has 2 aliphatic rings. The number of hydrogen-bond acceptors (Lipinski definition) is 10. The third-order valence-corrected chi connectivity index (χ3v) is 8.49. The van der Waals surface area contributed by atoms with Crippen molar-refractivity contribution in [3.63, 3.8) is 0 Å². The minimum absolute atomic E-state index is 0.0409. The highest BCUT2D eigenvalue weighted by atomic mass is 19.4. The standard InChI is InChI=1S/C32H31F4N7O4/c1-3-27(44)43-10-9-42(16-20(43)6-8-37)30-28-25(39-31(40-30)46-17-21-12-18(33)15-41(21)2)14-23(22-7-11-45-29(22)28)24-13-19(38)4-5-26(24)47-32(34,35)36/h3-5,7,11,13-14,18,20-21H,1,6,9-10,12,15-17,38H2,2H3/t18-,20+,21+/m1/s1. The van der Waals surface area contributed by atoms with Crippen LogP contribution < -0.4 is 20.1 Å². The number of rotatable bonds is 8. The van der Waals surface area contributed by atoms with Crippen LogP contribution >= 0.6 is 0 Å². The average Bonchev–Trinajstić information content (AvgIpc) is 3.65. The van der Waals surface area contributed by atoms with Gasteiger partial charge in [0, 0.05) is 48.9 Å². The topological polar surface area (TPSA) is 134 Å². The minimum Gasteiger partial charge on any atom is -0.463 e. The van der Waals surface area contributed by atoms with Crippen LogP contribution in [0.4, 0.5) is 29.1 Å². The second kappa shape index (κ2) is 12.6. The first-order chi connectivity index (χ1) is 22.5. The van der Waals surface area contributed by atoms with Crippen molar-refractivity contribution >= 4 is 39.3 Å². The molecule has 0 spiro atoms. The van der Waals surface area contributed by atoms with Gasteiger partial charge in [0.05, 0.1) is 35.7 Å². The molecule has 15 heteroatoms. The number of nitrogens with two attached hydrogens (primary N) is 1. The van der Waals surface area contributed by atoms with Crippen LogP contribution in [0.15, 0.2) is 53.7 Å². The Kier molecular flexibility index (Phi) is 8.54. The number of alkyl halides is 4. The molecule has 4 aromatic rings. The summed E-state index contributed by atoms with van der Waals surface area (Å²) in [6, 6.07) is 8.41. The number of anilines is 2. The molecule has 2 aromatic heterocycles. The zero-order chi connectivity index (χ0) is 33.5. The minimum atomic E-state index is -4.96. The molecule has 0 bridgehead atoms. The number of benzene rings is 2. The van der Waals surface area contributed by atoms with Gasteiger partial charge in [-0.25, -0.2) is 4.39 Å². The summed E-state index contributed by atoms with van der Waals surface area (Å²) in [6.45, 7) is 4.76. The van der Waals surface area contributed by atoms with Crippen molar-refractivity contribution in [2.75, 3.05) is 50.5 Å². The smallest absolute Gasteiger partial charge is 0.463 e. The lowest BCUT2D eigenvalue weighted by molar-refractivity contribution is -0.274. The number of carbonyl (C=O) groups is 1. The first-order valence-electron chi connectivity index (χ1n) is 14.8. The number of ether oxygens (including phenoxy) is 2. The number of fused-ring (bicyclic) bond motifs is 3. The van der Waals surface area contributed by atoms with Crippen molar-refractivity contribution < 1.29 is 36.2 Å². The molecular formula is C32H31F4N7O4. The Hall–Kier alpha value is -5.10. The fraction of sp³-hybridized carbons (Fsp3) is 0.375. The van der Waals surface area contributed by atoms with Gasteiger partial charge in [-0.1, -0.05) is 6.58 Å². The molecule has 2 fully saturated rings. The van der Waals surface area contributed by atoms with E-state index in [1.807, 2.05) is 9.80 Å². The predicted octanol–water partition coefficient (Wildman–Crippen LogP) is 5.06. The van der Waals surface area contributed by atoms with E-state index >= 15 is 0 Å². The van der Waals surface area contributed by atoms with Crippen LogP contribution in [0.25, 0.3) is 33.0 Å². The number of carbonyl (C=O) groups excluding carboxylic acids is 1. The summed E-state index contributed by atoms with van der Waals surface area (Å²) < 4.78 is 70.6. The van der Waals surface area contributed by atoms with Gasteiger partial charge in [-0.3, -0.25) is 9.69 Å². The van der Waals surface area contributed by atoms with Gasteiger partial charge in [0.2, 0.25) is 5.91 Å². The molecule has 2 aliphatic heterocycles. The van der Waals surface area contributed by atoms with Gasteiger partial charge in [0.1, 0.15) is 29.9 Å². The Morgan fingerprint density at radius 1 is 1.19 bits per heavy atom. The van der Waals surface area contributed by atoms with E-state index in [0.717, 1.165) is 6.07 Å². The van der Waals surface area contributed by atoms with E-state index in [-0.39, 0.29) is 79.4 Å². The summed E-state index contributed by atoms with van der Waals surface area (Å²) in [4.78, 5) is 27.3. The molecule has 11 nitrogen and oxygen atoms in total. The van der Waals surface area contributed by atoms with Crippen LogP contribution in [0, 0.1) is 11.3 Å². The number of amides is 1. The van der Waals surface area contributed by atoms with Gasteiger partial charge in [-0.05, 0) is 55.4 Å². The second-order valence-electron chi connectivity index (χ2n) is 11.6. The Morgan fingerprint density at radius 2 is 2.00 bits per heavy atom. The van der Waals surface area contributed by atoms with E-state index in [1.54, 1.807) is 24.1 Å². The summed E-state index contributed by atoms with van der Waals surface area (Å²) in [5.41, 5.74) is 7.16. The third-order valence-electron chi connectivity index (χ3n) is 8.49. The van der Waals surface area contributed by atoms with Crippen molar-refractivity contribution in [1.82, 2.24) is 19.8 Å². The normalized spacial score (nSPS) is 20.5. The molecule has 2 aromatic carbocycles. The van der Waals surface area contributed by atoms with Crippen LogP contribution in [0.5, 0.6) is 11.8 Å². The fourth-order valence-electron chi connectivity index (χ4n) is 6.30. The summed E-state index contributed by atoms with van der Waals surface area (Å²) in [6.07, 6.45) is -3.02. The largest absolute Gasteiger partial charge is 0.573 e. The fourth-order valence-corrected chi connectivity index (χ4v) is 6.30. The molecule has 3 atom stereocenters. The number of halogens is 4. The molecule has 0 unspecified atom stereocenters. The average molecular weight is 654 g/mol. The van der Waals surface area contributed by atoms with Crippen molar-refractivity contribution in [1.29, 1.82) is 5.26 Å². The number of nitrogens with zero attached hydrogens (tertiary/aromatic N) is 6. The van der Waals surface area contributed by atoms with Crippen molar-refractivity contribution in [3.8, 4) is 29.0 Å². The monoisotopic (exact) mass is 653 g/mol. The van der Waals surface area contributed by atoms with Crippen molar-refractivity contribution in [2.45, 2.75) is 37.5 Å². The van der Waals surface area contributed by atoms with Gasteiger partial charge >= 0.3 is 12.4 Å². The molecule has 6 rings (SSSR count). The van der Waals surface area contributed by atoms with E-state index in [9.17, 15) is 27.6 Å². The molecule has 1 amide bonds. The van der Waals surface area contributed by atoms with Crippen LogP contribution in [0.3, 0.4) is 0 Å². The number of likely N-dealkylation sites (tertiary alicyclic amines) is 1. The highest BCUT2D eigenvalue weighted by molar-refractivity contribution is 6.14. The maximum absolute atomic E-state index is 14.1. The van der Waals surface area contributed by atoms with E-state index in [1.165, 1.54) is 24.5 Å². The van der Waals surface area contributed by atoms with E-state index in [0.29, 0.717) is 28.7 Å². The maximum atomic E-state index is 14.1. The second-order valence-corrected chi connectivity index (χ2v) is 11.6. The highest BCUT2D eigenvalue weighted by Crippen LogP contribution is 2.44. The molecule has 47 heavy (non-hydrogen) atoms. The van der Waals surface area contributed by atoms with Crippen molar-refractivity contribution in [2.24, 2.45) is 0 Å². The molecule has 246 valence electrons. The van der Waals surface area contributed by atoms with Crippen LogP contribution in [0.2, 0.25) is 0 Å². The SMILES string of the molecule is C=CC(=O)N1CCN(c2nc(OC[C@@H]3C[C@@H](F)CN3C)nc3cc(-c4cc(N)ccc4OC(F)(F)F)c4ccoc4c23)C[C@@H]1CC#N. The first-order valence-corrected chi connectivity index (χ1v) is 14.8. The zero-order valence-corrected chi connectivity index (χ0v) is 25.3. The zero-order valence-electron chi connectivity index (χ0n) is 25.3. The number of furan rings is 1. The van der Waals surface area contributed by atoms with E-state index in [4.69, 9.17) is 19.9 Å². The lowest BCUT2D eigenvalue weighted by Crippen LogP contribution is -2.55. The Balaban J connectivity index is 1.51. The number of likely N-dealkylation sites (N-methyl/N-ethyl adjacent to an activating group) is 1. The van der Waals surface area contributed by atoms with Crippen LogP contribution in [0.1, 0.15) is 12.8 Å². The quantitative estimate of drug-likeness (QED) is 0.156. The van der Waals surface area contributed by atoms with Gasteiger partial charge in [-0.15, -0.1) is 13.2 Å². The molecular weight excluding hydrogens is 622 g/mol. The third kappa shape index (κ3) is 6.46. The Labute approximate surface area is 266 Å². The molecule has 0 saturated carbocycles. The van der Waals surface area contributed by atoms with Gasteiger partial charge in [0.15, 0.2) is 0 Å². The van der Waals surface area contributed by atoms with Crippen molar-refractivity contribution in [3.05, 3.63) is 49.2 Å². The molecule has 4 heterocycles. The summed E-state index contributed by atoms with van der Waals surface area (Å²) in [7, 11) is 1.80. The molecule has 0 aliphatic carbocycles. The lowest BCUT2D eigenvalue weighted by Gasteiger charge is -2.41. The van der Waals surface area contributed by atoms with Crippen LogP contribution in [-0.2, 0) is 4.79 Å². The highest BCUT2D eigenvalue weighted by Gasteiger charge is 2.35. The predicted molar refractivity (Wildman–Crippen MR) is 165 cm³/mol. The Morgan fingerprint density at radius 3 is 2.70 bits per heavy atom. The Bertz CT molecular complexity index is 1870. The summed E-state index contributed by atoms with van der Waals surface area (Å²) in [5.74, 6) is -0.385. The maximum Gasteiger partial charge on any atom is 0.573 e. The molecule has 0 radical (unpaired) electrons. The van der Waals surface area contributed by atoms with Gasteiger partial charge < -0.3 is 29.4 Å². The molecule has 2 N–H and O–H groups in total. The van der Waals surface area contributed by atoms with Crippen LogP contribution in [-0.4, -0.2) is 90.1 Å².